The van der Waals surface area contributed by atoms with Crippen LogP contribution < -0.4 is 0 Å². The highest BCUT2D eigenvalue weighted by atomic mass is 16.7. The van der Waals surface area contributed by atoms with Gasteiger partial charge in [0.25, 0.3) is 0 Å². The van der Waals surface area contributed by atoms with Gasteiger partial charge in [-0.25, -0.2) is 0 Å². The Morgan fingerprint density at radius 2 is 1.50 bits per heavy atom. The number of methoxy groups -OCH3 is 3. The number of Topliss-reactive ketones (excluding diaryl/α,β-unsaturated/α-hetero) is 1. The molecule has 2 unspecified atom stereocenters. The summed E-state index contributed by atoms with van der Waals surface area (Å²) in [6.45, 7) is 6.35. The lowest BCUT2D eigenvalue weighted by Crippen LogP contribution is -2.43. The zero-order chi connectivity index (χ0) is 17.5. The molecule has 7 nitrogen and oxygen atoms in total. The minimum atomic E-state index is -1.18. The van der Waals surface area contributed by atoms with Crippen molar-refractivity contribution in [2.24, 2.45) is 11.8 Å². The molecule has 0 saturated heterocycles. The Morgan fingerprint density at radius 1 is 1.00 bits per heavy atom. The van der Waals surface area contributed by atoms with E-state index >= 15 is 0 Å². The molecule has 22 heavy (non-hydrogen) atoms. The summed E-state index contributed by atoms with van der Waals surface area (Å²) in [4.78, 5) is 35.9. The molecule has 2 atom stereocenters. The fourth-order valence-electron chi connectivity index (χ4n) is 2.10. The van der Waals surface area contributed by atoms with Gasteiger partial charge in [-0.1, -0.05) is 0 Å². The Morgan fingerprint density at radius 3 is 1.82 bits per heavy atom. The Labute approximate surface area is 131 Å². The van der Waals surface area contributed by atoms with E-state index < -0.39 is 41.4 Å². The van der Waals surface area contributed by atoms with Crippen LogP contribution in [0.5, 0.6) is 0 Å². The fraction of sp³-hybridized carbons (Fsp3) is 0.800. The molecule has 0 aromatic carbocycles. The summed E-state index contributed by atoms with van der Waals surface area (Å²) in [5.41, 5.74) is -0.754. The lowest BCUT2D eigenvalue weighted by Gasteiger charge is -2.30. The molecule has 128 valence electrons. The molecule has 0 aromatic rings. The summed E-state index contributed by atoms with van der Waals surface area (Å²) < 4.78 is 20.1. The van der Waals surface area contributed by atoms with E-state index in [0.29, 0.717) is 0 Å². The van der Waals surface area contributed by atoms with Crippen LogP contribution in [0.2, 0.25) is 0 Å². The zero-order valence-electron chi connectivity index (χ0n) is 14.3. The highest BCUT2D eigenvalue weighted by Gasteiger charge is 2.41. The van der Waals surface area contributed by atoms with Gasteiger partial charge in [-0.3, -0.25) is 14.4 Å². The Kier molecular flexibility index (Phi) is 8.26. The van der Waals surface area contributed by atoms with E-state index in [4.69, 9.17) is 14.2 Å². The van der Waals surface area contributed by atoms with Crippen molar-refractivity contribution < 1.29 is 33.3 Å². The van der Waals surface area contributed by atoms with E-state index in [0.717, 1.165) is 0 Å². The number of carbonyl (C=O) groups is 3. The van der Waals surface area contributed by atoms with Gasteiger partial charge in [0.15, 0.2) is 6.29 Å². The minimum absolute atomic E-state index is 0.202. The van der Waals surface area contributed by atoms with Gasteiger partial charge in [0.1, 0.15) is 17.3 Å². The molecule has 0 fully saturated rings. The average Bonchev–Trinajstić information content (AvgIpc) is 2.37. The summed E-state index contributed by atoms with van der Waals surface area (Å²) in [5, 5.41) is 0. The lowest BCUT2D eigenvalue weighted by atomic mass is 9.85. The number of hydrogen-bond acceptors (Lipinski definition) is 7. The van der Waals surface area contributed by atoms with Gasteiger partial charge < -0.3 is 18.9 Å². The van der Waals surface area contributed by atoms with Gasteiger partial charge in [-0.15, -0.1) is 0 Å². The Balaban J connectivity index is 5.51. The second-order valence-corrected chi connectivity index (χ2v) is 5.91. The van der Waals surface area contributed by atoms with Crippen molar-refractivity contribution in [1.82, 2.24) is 0 Å². The van der Waals surface area contributed by atoms with Crippen LogP contribution in [0.25, 0.3) is 0 Å². The van der Waals surface area contributed by atoms with Crippen molar-refractivity contribution in [2.75, 3.05) is 21.3 Å². The fourth-order valence-corrected chi connectivity index (χ4v) is 2.10. The second-order valence-electron chi connectivity index (χ2n) is 5.91. The van der Waals surface area contributed by atoms with Crippen molar-refractivity contribution in [3.05, 3.63) is 0 Å². The maximum absolute atomic E-state index is 12.3. The number of ether oxygens (including phenoxy) is 4. The maximum Gasteiger partial charge on any atom is 0.317 e. The van der Waals surface area contributed by atoms with Crippen molar-refractivity contribution in [1.29, 1.82) is 0 Å². The van der Waals surface area contributed by atoms with E-state index in [1.165, 1.54) is 28.3 Å². The molecule has 0 amide bonds. The molecule has 0 aliphatic heterocycles. The van der Waals surface area contributed by atoms with Crippen molar-refractivity contribution in [3.8, 4) is 0 Å². The standard InChI is InChI=1S/C15H26O7/c1-9(16)12(13(18)22-15(2,3)4)10(8-11(17)19-5)14(20-6)21-7/h10,12,14H,8H2,1-7H3. The van der Waals surface area contributed by atoms with Crippen LogP contribution >= 0.6 is 0 Å². The molecular formula is C15H26O7. The van der Waals surface area contributed by atoms with Crippen LogP contribution in [0.3, 0.4) is 0 Å². The minimum Gasteiger partial charge on any atom is -0.469 e. The summed E-state index contributed by atoms with van der Waals surface area (Å²) in [6.07, 6.45) is -1.12. The number of carbonyl (C=O) groups excluding carboxylic acids is 3. The van der Waals surface area contributed by atoms with Crippen LogP contribution in [-0.2, 0) is 33.3 Å². The van der Waals surface area contributed by atoms with Crippen LogP contribution in [0.1, 0.15) is 34.1 Å². The molecule has 0 heterocycles. The number of esters is 2. The quantitative estimate of drug-likeness (QED) is 0.379. The first kappa shape index (κ1) is 20.5. The number of ketones is 1. The SMILES string of the molecule is COC(=O)CC(C(OC)OC)C(C(C)=O)C(=O)OC(C)(C)C. The van der Waals surface area contributed by atoms with E-state index in [1.807, 2.05) is 0 Å². The maximum atomic E-state index is 12.3. The topological polar surface area (TPSA) is 88.1 Å². The molecule has 0 aliphatic carbocycles. The van der Waals surface area contributed by atoms with Gasteiger partial charge in [0, 0.05) is 20.1 Å². The highest BCUT2D eigenvalue weighted by Crippen LogP contribution is 2.27. The Bertz CT molecular complexity index is 393. The van der Waals surface area contributed by atoms with Gasteiger partial charge in [0.05, 0.1) is 13.5 Å². The number of rotatable bonds is 8. The molecule has 0 bridgehead atoms. The van der Waals surface area contributed by atoms with Crippen molar-refractivity contribution in [3.63, 3.8) is 0 Å². The van der Waals surface area contributed by atoms with Gasteiger partial charge in [-0.05, 0) is 27.7 Å². The summed E-state index contributed by atoms with van der Waals surface area (Å²) in [5.74, 6) is -3.73. The molecule has 0 rings (SSSR count). The monoisotopic (exact) mass is 318 g/mol. The van der Waals surface area contributed by atoms with Crippen LogP contribution in [0.15, 0.2) is 0 Å². The first-order valence-corrected chi connectivity index (χ1v) is 6.93. The van der Waals surface area contributed by atoms with Gasteiger partial charge in [-0.2, -0.15) is 0 Å². The van der Waals surface area contributed by atoms with Crippen molar-refractivity contribution in [2.45, 2.75) is 46.0 Å². The third-order valence-electron chi connectivity index (χ3n) is 2.97. The second kappa shape index (κ2) is 8.85. The third kappa shape index (κ3) is 6.53. The third-order valence-corrected chi connectivity index (χ3v) is 2.97. The normalized spacial score (nSPS) is 14.4. The molecule has 0 radical (unpaired) electrons. The predicted molar refractivity (Wildman–Crippen MR) is 77.9 cm³/mol. The smallest absolute Gasteiger partial charge is 0.317 e. The van der Waals surface area contributed by atoms with E-state index in [1.54, 1.807) is 20.8 Å². The molecule has 0 saturated carbocycles. The van der Waals surface area contributed by atoms with Crippen LogP contribution in [0, 0.1) is 11.8 Å². The predicted octanol–water partition coefficient (Wildman–Crippen LogP) is 1.33. The lowest BCUT2D eigenvalue weighted by molar-refractivity contribution is -0.184. The van der Waals surface area contributed by atoms with Crippen LogP contribution in [-0.4, -0.2) is 50.9 Å². The Hall–Kier alpha value is -1.47. The molecular weight excluding hydrogens is 292 g/mol. The largest absolute Gasteiger partial charge is 0.469 e. The highest BCUT2D eigenvalue weighted by molar-refractivity contribution is 5.98. The summed E-state index contributed by atoms with van der Waals surface area (Å²) in [6, 6.07) is 0. The molecule has 0 spiro atoms. The molecule has 0 N–H and O–H groups in total. The van der Waals surface area contributed by atoms with E-state index in [9.17, 15) is 14.4 Å². The first-order valence-electron chi connectivity index (χ1n) is 6.93. The first-order chi connectivity index (χ1) is 10.1. The molecule has 0 aliphatic rings. The van der Waals surface area contributed by atoms with E-state index in [2.05, 4.69) is 4.74 Å². The zero-order valence-corrected chi connectivity index (χ0v) is 14.3. The summed E-state index contributed by atoms with van der Waals surface area (Å²) >= 11 is 0. The van der Waals surface area contributed by atoms with E-state index in [-0.39, 0.29) is 6.42 Å². The summed E-state index contributed by atoms with van der Waals surface area (Å²) in [7, 11) is 3.96. The van der Waals surface area contributed by atoms with Crippen molar-refractivity contribution >= 4 is 17.7 Å². The average molecular weight is 318 g/mol. The van der Waals surface area contributed by atoms with Crippen LogP contribution in [0.4, 0.5) is 0 Å². The van der Waals surface area contributed by atoms with Gasteiger partial charge >= 0.3 is 11.9 Å². The molecule has 7 heteroatoms. The van der Waals surface area contributed by atoms with Gasteiger partial charge in [0.2, 0.25) is 0 Å². The number of hydrogen-bond donors (Lipinski definition) is 0. The molecule has 0 aromatic heterocycles.